The first-order valence-electron chi connectivity index (χ1n) is 8.90. The van der Waals surface area contributed by atoms with Gasteiger partial charge in [0.15, 0.2) is 0 Å². The van der Waals surface area contributed by atoms with Crippen molar-refractivity contribution >= 4 is 38.7 Å². The topological polar surface area (TPSA) is 69.7 Å². The van der Waals surface area contributed by atoms with E-state index in [0.717, 1.165) is 5.69 Å². The van der Waals surface area contributed by atoms with Gasteiger partial charge in [-0.05, 0) is 48.5 Å². The number of carbonyl (C=O) groups excluding carboxylic acids is 1. The Morgan fingerprint density at radius 3 is 2.14 bits per heavy atom. The number of rotatable bonds is 6. The number of alkyl halides is 2. The monoisotopic (exact) mass is 443 g/mol. The lowest BCUT2D eigenvalue weighted by atomic mass is 10.2. The van der Waals surface area contributed by atoms with Crippen molar-refractivity contribution in [2.24, 2.45) is 0 Å². The lowest BCUT2D eigenvalue weighted by molar-refractivity contribution is -0.117. The van der Waals surface area contributed by atoms with Gasteiger partial charge in [-0.25, -0.2) is 8.42 Å². The number of carbonyl (C=O) groups is 1. The number of nitrogens with zero attached hydrogens (tertiary/aromatic N) is 2. The van der Waals surface area contributed by atoms with Crippen LogP contribution >= 0.6 is 11.6 Å². The van der Waals surface area contributed by atoms with Crippen LogP contribution in [0, 0.1) is 0 Å². The van der Waals surface area contributed by atoms with Gasteiger partial charge in [0.2, 0.25) is 15.7 Å². The largest absolute Gasteiger partial charge is 0.369 e. The van der Waals surface area contributed by atoms with E-state index >= 15 is 0 Å². The maximum absolute atomic E-state index is 12.6. The molecule has 1 saturated heterocycles. The molecule has 6 nitrogen and oxygen atoms in total. The Kier molecular flexibility index (Phi) is 6.71. The summed E-state index contributed by atoms with van der Waals surface area (Å²) in [6.07, 6.45) is 0. The molecule has 0 bridgehead atoms. The third-order valence-electron chi connectivity index (χ3n) is 4.63. The van der Waals surface area contributed by atoms with Crippen LogP contribution in [-0.4, -0.2) is 57.7 Å². The Labute approximate surface area is 173 Å². The summed E-state index contributed by atoms with van der Waals surface area (Å²) in [5, 5.41) is 3.41. The highest BCUT2D eigenvalue weighted by atomic mass is 35.5. The van der Waals surface area contributed by atoms with Crippen LogP contribution in [0.2, 0.25) is 5.02 Å². The Morgan fingerprint density at radius 1 is 1.00 bits per heavy atom. The zero-order valence-corrected chi connectivity index (χ0v) is 17.0. The van der Waals surface area contributed by atoms with E-state index in [9.17, 15) is 22.0 Å². The summed E-state index contributed by atoms with van der Waals surface area (Å²) in [4.78, 5) is 15.8. The van der Waals surface area contributed by atoms with Crippen molar-refractivity contribution in [3.05, 3.63) is 53.6 Å². The molecule has 1 heterocycles. The van der Waals surface area contributed by atoms with Gasteiger partial charge in [0.1, 0.15) is 0 Å². The van der Waals surface area contributed by atoms with E-state index in [1.54, 1.807) is 24.3 Å². The van der Waals surface area contributed by atoms with Crippen molar-refractivity contribution < 1.29 is 22.0 Å². The van der Waals surface area contributed by atoms with Gasteiger partial charge in [-0.2, -0.15) is 8.78 Å². The minimum Gasteiger partial charge on any atom is -0.369 e. The van der Waals surface area contributed by atoms with Crippen LogP contribution in [0.5, 0.6) is 0 Å². The van der Waals surface area contributed by atoms with Gasteiger partial charge in [-0.15, -0.1) is 0 Å². The summed E-state index contributed by atoms with van der Waals surface area (Å²) in [5.41, 5.74) is 1.43. The Morgan fingerprint density at radius 2 is 1.59 bits per heavy atom. The fourth-order valence-electron chi connectivity index (χ4n) is 3.05. The molecule has 0 spiro atoms. The van der Waals surface area contributed by atoms with Crippen molar-refractivity contribution in [2.75, 3.05) is 42.9 Å². The van der Waals surface area contributed by atoms with Crippen LogP contribution in [0.4, 0.5) is 20.2 Å². The second kappa shape index (κ2) is 9.06. The maximum atomic E-state index is 12.6. The van der Waals surface area contributed by atoms with E-state index < -0.39 is 20.5 Å². The predicted octanol–water partition coefficient (Wildman–Crippen LogP) is 3.10. The smallest absolute Gasteiger partial charge is 0.341 e. The van der Waals surface area contributed by atoms with Crippen molar-refractivity contribution in [2.45, 2.75) is 10.7 Å². The number of halogens is 3. The molecule has 0 unspecified atom stereocenters. The van der Waals surface area contributed by atoms with Gasteiger partial charge in [0.25, 0.3) is 0 Å². The molecule has 156 valence electrons. The molecule has 0 saturated carbocycles. The predicted molar refractivity (Wildman–Crippen MR) is 108 cm³/mol. The molecule has 1 fully saturated rings. The average molecular weight is 444 g/mol. The summed E-state index contributed by atoms with van der Waals surface area (Å²) >= 11 is 5.82. The fourth-order valence-corrected chi connectivity index (χ4v) is 3.90. The molecule has 1 aliphatic rings. The van der Waals surface area contributed by atoms with E-state index in [1.165, 1.54) is 24.3 Å². The quantitative estimate of drug-likeness (QED) is 0.743. The second-order valence-electron chi connectivity index (χ2n) is 6.62. The average Bonchev–Trinajstić information content (AvgIpc) is 2.70. The van der Waals surface area contributed by atoms with Crippen LogP contribution in [0.25, 0.3) is 0 Å². The molecule has 0 radical (unpaired) electrons. The molecular weight excluding hydrogens is 424 g/mol. The van der Waals surface area contributed by atoms with Crippen LogP contribution < -0.4 is 10.2 Å². The normalized spacial score (nSPS) is 15.5. The van der Waals surface area contributed by atoms with Gasteiger partial charge in [-0.3, -0.25) is 9.69 Å². The van der Waals surface area contributed by atoms with Crippen molar-refractivity contribution in [1.82, 2.24) is 4.90 Å². The number of anilines is 2. The summed E-state index contributed by atoms with van der Waals surface area (Å²) < 4.78 is 48.2. The summed E-state index contributed by atoms with van der Waals surface area (Å²) in [6, 6.07) is 12.3. The van der Waals surface area contributed by atoms with Gasteiger partial charge >= 0.3 is 5.76 Å². The van der Waals surface area contributed by atoms with Crippen LogP contribution in [0.3, 0.4) is 0 Å². The number of sulfone groups is 1. The summed E-state index contributed by atoms with van der Waals surface area (Å²) in [6.45, 7) is 2.81. The molecule has 3 rings (SSSR count). The number of nitrogens with one attached hydrogen (secondary N) is 1. The van der Waals surface area contributed by atoms with Crippen LogP contribution in [0.15, 0.2) is 53.4 Å². The lowest BCUT2D eigenvalue weighted by Gasteiger charge is -2.35. The fraction of sp³-hybridized carbons (Fsp3) is 0.316. The van der Waals surface area contributed by atoms with E-state index in [2.05, 4.69) is 5.32 Å². The number of hydrogen-bond acceptors (Lipinski definition) is 5. The Balaban J connectivity index is 1.51. The van der Waals surface area contributed by atoms with E-state index in [-0.39, 0.29) is 12.5 Å². The number of piperazine rings is 1. The van der Waals surface area contributed by atoms with Gasteiger partial charge in [0, 0.05) is 42.6 Å². The third kappa shape index (κ3) is 5.43. The van der Waals surface area contributed by atoms with Gasteiger partial charge in [0.05, 0.1) is 11.4 Å². The number of amides is 1. The molecule has 2 aromatic rings. The first-order valence-corrected chi connectivity index (χ1v) is 10.8. The molecule has 1 amide bonds. The third-order valence-corrected chi connectivity index (χ3v) is 6.28. The SMILES string of the molecule is O=C(CN1CCN(c2ccc(S(=O)(=O)C(F)F)cc2)CC1)Nc1ccc(Cl)cc1. The molecule has 10 heteroatoms. The number of benzene rings is 2. The number of hydrogen-bond donors (Lipinski definition) is 1. The highest BCUT2D eigenvalue weighted by Crippen LogP contribution is 2.23. The standard InChI is InChI=1S/C19H20ClF2N3O3S/c20-14-1-3-15(4-2-14)23-18(26)13-24-9-11-25(12-10-24)16-5-7-17(8-6-16)29(27,28)19(21)22/h1-8,19H,9-13H2,(H,23,26). The molecule has 0 aromatic heterocycles. The minimum atomic E-state index is -4.59. The zero-order valence-electron chi connectivity index (χ0n) is 15.4. The van der Waals surface area contributed by atoms with Crippen LogP contribution in [-0.2, 0) is 14.6 Å². The Hall–Kier alpha value is -2.23. The van der Waals surface area contributed by atoms with Crippen LogP contribution in [0.1, 0.15) is 0 Å². The van der Waals surface area contributed by atoms with E-state index in [1.807, 2.05) is 9.80 Å². The van der Waals surface area contributed by atoms with E-state index in [4.69, 9.17) is 11.6 Å². The van der Waals surface area contributed by atoms with E-state index in [0.29, 0.717) is 36.9 Å². The summed E-state index contributed by atoms with van der Waals surface area (Å²) in [7, 11) is -4.59. The highest BCUT2D eigenvalue weighted by Gasteiger charge is 2.27. The van der Waals surface area contributed by atoms with Crippen molar-refractivity contribution in [3.63, 3.8) is 0 Å². The molecular formula is C19H20ClF2N3O3S. The van der Waals surface area contributed by atoms with Gasteiger partial charge < -0.3 is 10.2 Å². The van der Waals surface area contributed by atoms with Crippen molar-refractivity contribution in [3.8, 4) is 0 Å². The lowest BCUT2D eigenvalue weighted by Crippen LogP contribution is -2.48. The molecule has 1 N–H and O–H groups in total. The maximum Gasteiger partial charge on any atom is 0.341 e. The Bertz CT molecular complexity index is 946. The highest BCUT2D eigenvalue weighted by molar-refractivity contribution is 7.91. The molecule has 2 aromatic carbocycles. The van der Waals surface area contributed by atoms with Gasteiger partial charge in [-0.1, -0.05) is 11.6 Å². The molecule has 1 aliphatic heterocycles. The molecule has 29 heavy (non-hydrogen) atoms. The first-order chi connectivity index (χ1) is 13.8. The minimum absolute atomic E-state index is 0.123. The first kappa shape index (κ1) is 21.5. The zero-order chi connectivity index (χ0) is 21.0. The second-order valence-corrected chi connectivity index (χ2v) is 8.97. The molecule has 0 atom stereocenters. The molecule has 0 aliphatic carbocycles. The van der Waals surface area contributed by atoms with Crippen molar-refractivity contribution in [1.29, 1.82) is 0 Å². The summed E-state index contributed by atoms with van der Waals surface area (Å²) in [5.74, 6) is -3.56.